The van der Waals surface area contributed by atoms with Crippen molar-refractivity contribution in [3.05, 3.63) is 76.9 Å². The summed E-state index contributed by atoms with van der Waals surface area (Å²) >= 11 is 6.07. The highest BCUT2D eigenvalue weighted by Gasteiger charge is 2.33. The van der Waals surface area contributed by atoms with Crippen LogP contribution in [0.4, 0.5) is 0 Å². The molecule has 1 N–H and O–H groups in total. The van der Waals surface area contributed by atoms with Gasteiger partial charge in [-0.05, 0) is 79.3 Å². The van der Waals surface area contributed by atoms with Crippen LogP contribution in [0, 0.1) is 5.92 Å². The Morgan fingerprint density at radius 1 is 0.889 bits per heavy atom. The van der Waals surface area contributed by atoms with Crippen molar-refractivity contribution >= 4 is 37.2 Å². The van der Waals surface area contributed by atoms with Gasteiger partial charge in [0, 0.05) is 17.1 Å². The Morgan fingerprint density at radius 2 is 1.67 bits per heavy atom. The Balaban J connectivity index is 1.49. The Bertz CT molecular complexity index is 1530. The molecule has 7 nitrogen and oxygen atoms in total. The number of carbonyl (C=O) groups is 1. The molecule has 1 saturated carbocycles. The lowest BCUT2D eigenvalue weighted by atomic mass is 10.0. The van der Waals surface area contributed by atoms with Crippen molar-refractivity contribution in [3.8, 4) is 0 Å². The molecular weight excluding hydrogens is 520 g/mol. The molecule has 1 fully saturated rings. The van der Waals surface area contributed by atoms with Crippen LogP contribution in [0.1, 0.15) is 49.3 Å². The van der Waals surface area contributed by atoms with E-state index in [0.29, 0.717) is 12.8 Å². The van der Waals surface area contributed by atoms with Gasteiger partial charge in [0.25, 0.3) is 0 Å². The molecule has 0 radical (unpaired) electrons. The van der Waals surface area contributed by atoms with Crippen LogP contribution < -0.4 is 5.32 Å². The Kier molecular flexibility index (Phi) is 6.65. The largest absolute Gasteiger partial charge is 0.349 e. The standard InChI is InChI=1S/C26H25ClN2O5S2/c27-19-9-13-23(24(16-19)36(33,34)25-7-3-4-14-28-25)35(31,32)20-10-11-21-18(15-20)8-12-22(21)29-26(30)17-5-1-2-6-17/h3-4,7,9-11,13-17,22H,1-2,5-6,8,12H2,(H,29,30). The summed E-state index contributed by atoms with van der Waals surface area (Å²) in [5.74, 6) is 0.116. The number of amides is 1. The van der Waals surface area contributed by atoms with E-state index in [9.17, 15) is 21.6 Å². The number of benzene rings is 2. The molecule has 1 unspecified atom stereocenters. The van der Waals surface area contributed by atoms with Gasteiger partial charge in [-0.15, -0.1) is 0 Å². The lowest BCUT2D eigenvalue weighted by molar-refractivity contribution is -0.125. The minimum atomic E-state index is -4.25. The van der Waals surface area contributed by atoms with Gasteiger partial charge in [0.15, 0.2) is 5.03 Å². The number of nitrogens with zero attached hydrogens (tertiary/aromatic N) is 1. The van der Waals surface area contributed by atoms with E-state index in [0.717, 1.165) is 42.9 Å². The van der Waals surface area contributed by atoms with Crippen LogP contribution in [0.15, 0.2) is 80.5 Å². The van der Waals surface area contributed by atoms with Gasteiger partial charge in [-0.25, -0.2) is 21.8 Å². The van der Waals surface area contributed by atoms with Crippen LogP contribution >= 0.6 is 11.6 Å². The van der Waals surface area contributed by atoms with Crippen molar-refractivity contribution in [2.24, 2.45) is 5.92 Å². The molecule has 188 valence electrons. The van der Waals surface area contributed by atoms with Gasteiger partial charge in [0.2, 0.25) is 25.6 Å². The summed E-state index contributed by atoms with van der Waals surface area (Å²) < 4.78 is 54.0. The molecule has 1 aromatic heterocycles. The molecule has 2 aromatic carbocycles. The van der Waals surface area contributed by atoms with Crippen molar-refractivity contribution < 1.29 is 21.6 Å². The summed E-state index contributed by atoms with van der Waals surface area (Å²) in [4.78, 5) is 15.7. The van der Waals surface area contributed by atoms with Crippen molar-refractivity contribution in [1.82, 2.24) is 10.3 Å². The Labute approximate surface area is 215 Å². The first kappa shape index (κ1) is 24.9. The average Bonchev–Trinajstić information content (AvgIpc) is 3.55. The Hall–Kier alpha value is -2.75. The second kappa shape index (κ2) is 9.61. The molecule has 0 spiro atoms. The zero-order valence-corrected chi connectivity index (χ0v) is 21.7. The molecule has 0 bridgehead atoms. The molecule has 2 aliphatic carbocycles. The second-order valence-corrected chi connectivity index (χ2v) is 13.4. The maximum absolute atomic E-state index is 13.7. The quantitative estimate of drug-likeness (QED) is 0.482. The van der Waals surface area contributed by atoms with E-state index in [1.807, 2.05) is 0 Å². The summed E-state index contributed by atoms with van der Waals surface area (Å²) in [5, 5.41) is 2.96. The third kappa shape index (κ3) is 4.55. The first-order valence-corrected chi connectivity index (χ1v) is 15.2. The number of fused-ring (bicyclic) bond motifs is 1. The molecule has 2 aliphatic rings. The van der Waals surface area contributed by atoms with Gasteiger partial charge in [0.1, 0.15) is 0 Å². The van der Waals surface area contributed by atoms with E-state index in [1.54, 1.807) is 18.2 Å². The van der Waals surface area contributed by atoms with E-state index in [1.165, 1.54) is 36.5 Å². The molecule has 0 saturated heterocycles. The highest BCUT2D eigenvalue weighted by Crippen LogP contribution is 2.37. The van der Waals surface area contributed by atoms with Crippen LogP contribution in [-0.4, -0.2) is 27.7 Å². The highest BCUT2D eigenvalue weighted by atomic mass is 35.5. The normalized spacial score (nSPS) is 18.2. The molecule has 1 amide bonds. The van der Waals surface area contributed by atoms with Gasteiger partial charge in [0.05, 0.1) is 20.7 Å². The van der Waals surface area contributed by atoms with Crippen LogP contribution in [0.2, 0.25) is 5.02 Å². The third-order valence-electron chi connectivity index (χ3n) is 6.94. The van der Waals surface area contributed by atoms with E-state index in [-0.39, 0.29) is 37.7 Å². The summed E-state index contributed by atoms with van der Waals surface area (Å²) in [6.07, 6.45) is 6.60. The molecule has 0 aliphatic heterocycles. The first-order chi connectivity index (χ1) is 17.2. The SMILES string of the molecule is O=C(NC1CCc2cc(S(=O)(=O)c3ccc(Cl)cc3S(=O)(=O)c3ccccn3)ccc21)C1CCCC1. The number of nitrogens with one attached hydrogen (secondary N) is 1. The molecule has 5 rings (SSSR count). The summed E-state index contributed by atoms with van der Waals surface area (Å²) in [6, 6.07) is 12.7. The number of sulfone groups is 2. The topological polar surface area (TPSA) is 110 Å². The zero-order valence-electron chi connectivity index (χ0n) is 19.4. The minimum Gasteiger partial charge on any atom is -0.349 e. The van der Waals surface area contributed by atoms with Crippen LogP contribution in [0.25, 0.3) is 0 Å². The van der Waals surface area contributed by atoms with Crippen LogP contribution in [0.3, 0.4) is 0 Å². The predicted molar refractivity (Wildman–Crippen MR) is 134 cm³/mol. The number of aryl methyl sites for hydroxylation is 1. The fourth-order valence-corrected chi connectivity index (χ4v) is 8.61. The van der Waals surface area contributed by atoms with E-state index in [4.69, 9.17) is 11.6 Å². The minimum absolute atomic E-state index is 0.0104. The van der Waals surface area contributed by atoms with Gasteiger partial charge >= 0.3 is 0 Å². The predicted octanol–water partition coefficient (Wildman–Crippen LogP) is 4.69. The molecule has 1 atom stereocenters. The summed E-state index contributed by atoms with van der Waals surface area (Å²) in [5.41, 5.74) is 1.73. The average molecular weight is 545 g/mol. The fraction of sp³-hybridized carbons (Fsp3) is 0.308. The van der Waals surface area contributed by atoms with Crippen molar-refractivity contribution in [3.63, 3.8) is 0 Å². The fourth-order valence-electron chi connectivity index (χ4n) is 5.05. The summed E-state index contributed by atoms with van der Waals surface area (Å²) in [6.45, 7) is 0. The van der Waals surface area contributed by atoms with Gasteiger partial charge in [-0.2, -0.15) is 0 Å². The lowest BCUT2D eigenvalue weighted by Crippen LogP contribution is -2.32. The number of aromatic nitrogens is 1. The molecular formula is C26H25ClN2O5S2. The third-order valence-corrected chi connectivity index (χ3v) is 10.8. The molecule has 10 heteroatoms. The number of halogens is 1. The van der Waals surface area contributed by atoms with Crippen molar-refractivity contribution in [2.75, 3.05) is 0 Å². The van der Waals surface area contributed by atoms with E-state index >= 15 is 0 Å². The molecule has 3 aromatic rings. The molecule has 1 heterocycles. The van der Waals surface area contributed by atoms with E-state index in [2.05, 4.69) is 10.3 Å². The number of hydrogen-bond acceptors (Lipinski definition) is 6. The molecule has 36 heavy (non-hydrogen) atoms. The van der Waals surface area contributed by atoms with E-state index < -0.39 is 24.6 Å². The lowest BCUT2D eigenvalue weighted by Gasteiger charge is -2.18. The van der Waals surface area contributed by atoms with Gasteiger partial charge < -0.3 is 5.32 Å². The van der Waals surface area contributed by atoms with Crippen molar-refractivity contribution in [2.45, 2.75) is 64.3 Å². The van der Waals surface area contributed by atoms with Gasteiger partial charge in [-0.1, -0.05) is 36.6 Å². The van der Waals surface area contributed by atoms with Gasteiger partial charge in [-0.3, -0.25) is 4.79 Å². The summed E-state index contributed by atoms with van der Waals surface area (Å²) in [7, 11) is -8.45. The number of carbonyl (C=O) groups excluding carboxylic acids is 1. The maximum Gasteiger partial charge on any atom is 0.225 e. The van der Waals surface area contributed by atoms with Crippen LogP contribution in [0.5, 0.6) is 0 Å². The first-order valence-electron chi connectivity index (χ1n) is 11.8. The number of pyridine rings is 1. The van der Waals surface area contributed by atoms with Crippen molar-refractivity contribution in [1.29, 1.82) is 0 Å². The monoisotopic (exact) mass is 544 g/mol. The highest BCUT2D eigenvalue weighted by molar-refractivity contribution is 7.94. The maximum atomic E-state index is 13.7. The Morgan fingerprint density at radius 3 is 2.39 bits per heavy atom. The smallest absolute Gasteiger partial charge is 0.225 e. The second-order valence-electron chi connectivity index (χ2n) is 9.21. The number of rotatable bonds is 6. The van der Waals surface area contributed by atoms with Crippen LogP contribution in [-0.2, 0) is 30.9 Å². The zero-order chi connectivity index (χ0) is 25.5. The number of hydrogen-bond donors (Lipinski definition) is 1.